The lowest BCUT2D eigenvalue weighted by molar-refractivity contribution is 0.0642. The summed E-state index contributed by atoms with van der Waals surface area (Å²) in [4.78, 5) is 26.2. The van der Waals surface area contributed by atoms with Crippen molar-refractivity contribution < 1.29 is 19.1 Å². The smallest absolute Gasteiger partial charge is 0.261 e. The molecule has 2 amide bonds. The van der Waals surface area contributed by atoms with Gasteiger partial charge in [-0.15, -0.1) is 0 Å². The van der Waals surface area contributed by atoms with Gasteiger partial charge in [0.15, 0.2) is 11.5 Å². The number of benzene rings is 2. The van der Waals surface area contributed by atoms with Crippen molar-refractivity contribution in [3.63, 3.8) is 0 Å². The molecule has 25 heavy (non-hydrogen) atoms. The standard InChI is InChI=1S/C20H21NO4/c1-3-11-25-17-10-9-14(12-18(17)24-4-2)13-21-19(22)15-7-5-6-8-16(15)20(21)23/h5-10,12H,3-4,11,13H2,1-2H3. The topological polar surface area (TPSA) is 55.8 Å². The second-order valence-electron chi connectivity index (χ2n) is 5.80. The molecule has 2 aromatic rings. The van der Waals surface area contributed by atoms with Gasteiger partial charge in [-0.25, -0.2) is 0 Å². The van der Waals surface area contributed by atoms with Gasteiger partial charge in [0.2, 0.25) is 0 Å². The molecule has 0 aliphatic carbocycles. The van der Waals surface area contributed by atoms with Crippen LogP contribution in [0.15, 0.2) is 42.5 Å². The minimum absolute atomic E-state index is 0.209. The van der Waals surface area contributed by atoms with Crippen LogP contribution in [0.4, 0.5) is 0 Å². The molecule has 0 fully saturated rings. The van der Waals surface area contributed by atoms with Crippen LogP contribution in [0.2, 0.25) is 0 Å². The SMILES string of the molecule is CCCOc1ccc(CN2C(=O)c3ccccc3C2=O)cc1OCC. The molecule has 0 spiro atoms. The Morgan fingerprint density at radius 3 is 2.16 bits per heavy atom. The molecule has 0 saturated carbocycles. The second kappa shape index (κ2) is 7.38. The lowest BCUT2D eigenvalue weighted by Gasteiger charge is -2.16. The summed E-state index contributed by atoms with van der Waals surface area (Å²) < 4.78 is 11.3. The Kier molecular flexibility index (Phi) is 5.03. The summed E-state index contributed by atoms with van der Waals surface area (Å²) in [5.74, 6) is 0.787. The molecule has 1 heterocycles. The van der Waals surface area contributed by atoms with Crippen LogP contribution < -0.4 is 9.47 Å². The second-order valence-corrected chi connectivity index (χ2v) is 5.80. The molecule has 0 bridgehead atoms. The molecule has 1 aliphatic rings. The summed E-state index contributed by atoms with van der Waals surface area (Å²) in [5, 5.41) is 0. The Morgan fingerprint density at radius 2 is 1.56 bits per heavy atom. The zero-order chi connectivity index (χ0) is 17.8. The van der Waals surface area contributed by atoms with Gasteiger partial charge in [0, 0.05) is 0 Å². The van der Waals surface area contributed by atoms with Gasteiger partial charge in [-0.1, -0.05) is 25.1 Å². The molecule has 130 valence electrons. The van der Waals surface area contributed by atoms with Crippen LogP contribution in [0.3, 0.4) is 0 Å². The van der Waals surface area contributed by atoms with E-state index in [1.807, 2.05) is 32.0 Å². The molecule has 0 radical (unpaired) electrons. The Bertz CT molecular complexity index is 765. The zero-order valence-electron chi connectivity index (χ0n) is 14.5. The summed E-state index contributed by atoms with van der Waals surface area (Å²) in [7, 11) is 0. The van der Waals surface area contributed by atoms with E-state index in [1.165, 1.54) is 4.90 Å². The Labute approximate surface area is 147 Å². The highest BCUT2D eigenvalue weighted by Gasteiger charge is 2.35. The van der Waals surface area contributed by atoms with E-state index in [0.29, 0.717) is 35.8 Å². The highest BCUT2D eigenvalue weighted by atomic mass is 16.5. The Hall–Kier alpha value is -2.82. The van der Waals surface area contributed by atoms with E-state index < -0.39 is 0 Å². The van der Waals surface area contributed by atoms with Crippen LogP contribution >= 0.6 is 0 Å². The number of rotatable bonds is 7. The van der Waals surface area contributed by atoms with E-state index in [9.17, 15) is 9.59 Å². The summed E-state index contributed by atoms with van der Waals surface area (Å²) in [6, 6.07) is 12.4. The van der Waals surface area contributed by atoms with Crippen molar-refractivity contribution in [2.45, 2.75) is 26.8 Å². The maximum atomic E-state index is 12.5. The fraction of sp³-hybridized carbons (Fsp3) is 0.300. The lowest BCUT2D eigenvalue weighted by atomic mass is 10.1. The molecule has 0 unspecified atom stereocenters. The number of ether oxygens (including phenoxy) is 2. The van der Waals surface area contributed by atoms with Crippen molar-refractivity contribution >= 4 is 11.8 Å². The molecule has 5 heteroatoms. The van der Waals surface area contributed by atoms with Gasteiger partial charge in [-0.2, -0.15) is 0 Å². The maximum absolute atomic E-state index is 12.5. The van der Waals surface area contributed by atoms with Crippen molar-refractivity contribution in [3.05, 3.63) is 59.2 Å². The molecule has 3 rings (SSSR count). The van der Waals surface area contributed by atoms with Crippen molar-refractivity contribution in [1.82, 2.24) is 4.90 Å². The summed E-state index contributed by atoms with van der Waals surface area (Å²) in [6.45, 7) is 5.27. The molecule has 0 N–H and O–H groups in total. The fourth-order valence-corrected chi connectivity index (χ4v) is 2.82. The van der Waals surface area contributed by atoms with E-state index in [0.717, 1.165) is 12.0 Å². The van der Waals surface area contributed by atoms with Crippen LogP contribution in [0.25, 0.3) is 0 Å². The van der Waals surface area contributed by atoms with E-state index in [-0.39, 0.29) is 18.4 Å². The highest BCUT2D eigenvalue weighted by Crippen LogP contribution is 2.31. The first kappa shape index (κ1) is 17.0. The minimum atomic E-state index is -0.259. The van der Waals surface area contributed by atoms with Crippen molar-refractivity contribution in [2.24, 2.45) is 0 Å². The first-order valence-corrected chi connectivity index (χ1v) is 8.49. The van der Waals surface area contributed by atoms with Crippen LogP contribution in [0, 0.1) is 0 Å². The number of imide groups is 1. The molecule has 2 aromatic carbocycles. The number of hydrogen-bond acceptors (Lipinski definition) is 4. The number of amides is 2. The number of carbonyl (C=O) groups is 2. The van der Waals surface area contributed by atoms with Crippen molar-refractivity contribution in [3.8, 4) is 11.5 Å². The normalized spacial score (nSPS) is 13.1. The molecular formula is C20H21NO4. The van der Waals surface area contributed by atoms with Crippen LogP contribution in [0.5, 0.6) is 11.5 Å². The molecule has 5 nitrogen and oxygen atoms in total. The monoisotopic (exact) mass is 339 g/mol. The van der Waals surface area contributed by atoms with E-state index >= 15 is 0 Å². The molecule has 0 saturated heterocycles. The third-order valence-electron chi connectivity index (χ3n) is 3.99. The van der Waals surface area contributed by atoms with E-state index in [1.54, 1.807) is 24.3 Å². The number of carbonyl (C=O) groups excluding carboxylic acids is 2. The van der Waals surface area contributed by atoms with Crippen LogP contribution in [-0.4, -0.2) is 29.9 Å². The lowest BCUT2D eigenvalue weighted by Crippen LogP contribution is -2.29. The van der Waals surface area contributed by atoms with Gasteiger partial charge in [0.1, 0.15) is 0 Å². The van der Waals surface area contributed by atoms with Crippen LogP contribution in [-0.2, 0) is 6.54 Å². The van der Waals surface area contributed by atoms with Gasteiger partial charge in [-0.3, -0.25) is 14.5 Å². The first-order valence-electron chi connectivity index (χ1n) is 8.49. The van der Waals surface area contributed by atoms with Gasteiger partial charge in [-0.05, 0) is 43.2 Å². The largest absolute Gasteiger partial charge is 0.490 e. The van der Waals surface area contributed by atoms with Crippen LogP contribution in [0.1, 0.15) is 46.5 Å². The van der Waals surface area contributed by atoms with Crippen molar-refractivity contribution in [1.29, 1.82) is 0 Å². The average molecular weight is 339 g/mol. The van der Waals surface area contributed by atoms with Gasteiger partial charge in [0.25, 0.3) is 11.8 Å². The summed E-state index contributed by atoms with van der Waals surface area (Å²) in [5.41, 5.74) is 1.74. The quantitative estimate of drug-likeness (QED) is 0.722. The van der Waals surface area contributed by atoms with Gasteiger partial charge in [0.05, 0.1) is 30.9 Å². The predicted octanol–water partition coefficient (Wildman–Crippen LogP) is 3.67. The third kappa shape index (κ3) is 3.36. The predicted molar refractivity (Wildman–Crippen MR) is 94.0 cm³/mol. The fourth-order valence-electron chi connectivity index (χ4n) is 2.82. The van der Waals surface area contributed by atoms with Gasteiger partial charge < -0.3 is 9.47 Å². The minimum Gasteiger partial charge on any atom is -0.490 e. The molecular weight excluding hydrogens is 318 g/mol. The number of nitrogens with zero attached hydrogens (tertiary/aromatic N) is 1. The van der Waals surface area contributed by atoms with Gasteiger partial charge >= 0.3 is 0 Å². The molecule has 0 atom stereocenters. The Balaban J connectivity index is 1.83. The maximum Gasteiger partial charge on any atom is 0.261 e. The van der Waals surface area contributed by atoms with E-state index in [4.69, 9.17) is 9.47 Å². The number of hydrogen-bond donors (Lipinski definition) is 0. The number of fused-ring (bicyclic) bond motifs is 1. The summed E-state index contributed by atoms with van der Waals surface area (Å²) in [6.07, 6.45) is 0.905. The summed E-state index contributed by atoms with van der Waals surface area (Å²) >= 11 is 0. The van der Waals surface area contributed by atoms with Crippen molar-refractivity contribution in [2.75, 3.05) is 13.2 Å². The third-order valence-corrected chi connectivity index (χ3v) is 3.99. The molecule has 1 aliphatic heterocycles. The average Bonchev–Trinajstić information content (AvgIpc) is 2.87. The molecule has 0 aromatic heterocycles. The highest BCUT2D eigenvalue weighted by molar-refractivity contribution is 6.21. The van der Waals surface area contributed by atoms with E-state index in [2.05, 4.69) is 0 Å². The zero-order valence-corrected chi connectivity index (χ0v) is 14.5. The Morgan fingerprint density at radius 1 is 0.880 bits per heavy atom. The first-order chi connectivity index (χ1) is 12.2.